The Balaban J connectivity index is 2.10. The number of piperidine rings is 1. The van der Waals surface area contributed by atoms with Gasteiger partial charge >= 0.3 is 11.7 Å². The van der Waals surface area contributed by atoms with E-state index in [1.807, 2.05) is 0 Å². The number of aromatic nitrogens is 2. The highest BCUT2D eigenvalue weighted by molar-refractivity contribution is 5.84. The highest BCUT2D eigenvalue weighted by atomic mass is 16.6. The minimum Gasteiger partial charge on any atom is -0.496 e. The van der Waals surface area contributed by atoms with Crippen LogP contribution in [0.3, 0.4) is 0 Å². The second kappa shape index (κ2) is 8.07. The van der Waals surface area contributed by atoms with Crippen LogP contribution in [-0.4, -0.2) is 53.3 Å². The lowest BCUT2D eigenvalue weighted by molar-refractivity contribution is -0.383. The monoisotopic (exact) mass is 388 g/mol. The van der Waals surface area contributed by atoms with Crippen LogP contribution in [-0.2, 0) is 4.79 Å². The highest BCUT2D eigenvalue weighted by Crippen LogP contribution is 2.44. The molecule has 0 amide bonds. The van der Waals surface area contributed by atoms with Crippen LogP contribution in [0.1, 0.15) is 12.8 Å². The quantitative estimate of drug-likeness (QED) is 0.586. The third-order valence-electron chi connectivity index (χ3n) is 4.79. The van der Waals surface area contributed by atoms with Gasteiger partial charge in [-0.3, -0.25) is 14.9 Å². The van der Waals surface area contributed by atoms with Crippen molar-refractivity contribution in [1.82, 2.24) is 9.97 Å². The molecule has 0 aliphatic carbocycles. The third kappa shape index (κ3) is 3.53. The first-order valence-electron chi connectivity index (χ1n) is 8.66. The van der Waals surface area contributed by atoms with Gasteiger partial charge in [-0.25, -0.2) is 9.97 Å². The topological polar surface area (TPSA) is 128 Å². The summed E-state index contributed by atoms with van der Waals surface area (Å²) in [5.74, 6) is -0.373. The van der Waals surface area contributed by atoms with Gasteiger partial charge in [0.2, 0.25) is 5.82 Å². The highest BCUT2D eigenvalue weighted by Gasteiger charge is 2.33. The standard InChI is InChI=1S/C18H20N4O6/c1-27-12-4-3-5-13(28-2)14(12)15-16(22(25)26)17(20-10-19-15)21-8-6-11(7-9-21)18(23)24/h3-5,10-11H,6-9H2,1-2H3,(H,23,24). The van der Waals surface area contributed by atoms with E-state index in [-0.39, 0.29) is 17.2 Å². The van der Waals surface area contributed by atoms with Gasteiger partial charge in [-0.2, -0.15) is 0 Å². The van der Waals surface area contributed by atoms with Crippen LogP contribution in [0.15, 0.2) is 24.5 Å². The number of carboxylic acids is 1. The zero-order chi connectivity index (χ0) is 20.3. The average molecular weight is 388 g/mol. The Hall–Kier alpha value is -3.43. The summed E-state index contributed by atoms with van der Waals surface area (Å²) >= 11 is 0. The van der Waals surface area contributed by atoms with Crippen molar-refractivity contribution in [2.24, 2.45) is 5.92 Å². The number of rotatable bonds is 6. The van der Waals surface area contributed by atoms with Crippen molar-refractivity contribution in [2.45, 2.75) is 12.8 Å². The lowest BCUT2D eigenvalue weighted by Crippen LogP contribution is -2.37. The van der Waals surface area contributed by atoms with Crippen molar-refractivity contribution < 1.29 is 24.3 Å². The number of nitrogens with zero attached hydrogens (tertiary/aromatic N) is 4. The maximum atomic E-state index is 12.0. The number of nitro groups is 1. The van der Waals surface area contributed by atoms with Crippen molar-refractivity contribution in [3.8, 4) is 22.8 Å². The smallest absolute Gasteiger partial charge is 0.337 e. The Bertz CT molecular complexity index is 873. The minimum atomic E-state index is -0.851. The summed E-state index contributed by atoms with van der Waals surface area (Å²) in [5.41, 5.74) is 0.187. The summed E-state index contributed by atoms with van der Waals surface area (Å²) in [7, 11) is 2.92. The summed E-state index contributed by atoms with van der Waals surface area (Å²) in [6.45, 7) is 0.717. The SMILES string of the molecule is COc1cccc(OC)c1-c1ncnc(N2CCC(C(=O)O)CC2)c1[N+](=O)[O-]. The summed E-state index contributed by atoms with van der Waals surface area (Å²) < 4.78 is 10.7. The van der Waals surface area contributed by atoms with Gasteiger partial charge in [-0.05, 0) is 25.0 Å². The van der Waals surface area contributed by atoms with Crippen molar-refractivity contribution in [3.63, 3.8) is 0 Å². The van der Waals surface area contributed by atoms with E-state index in [9.17, 15) is 14.9 Å². The number of aliphatic carboxylic acids is 1. The molecule has 10 nitrogen and oxygen atoms in total. The number of ether oxygens (including phenoxy) is 2. The Morgan fingerprint density at radius 2 is 1.82 bits per heavy atom. The fourth-order valence-corrected chi connectivity index (χ4v) is 3.37. The number of carboxylic acid groups (broad SMARTS) is 1. The van der Waals surface area contributed by atoms with E-state index in [2.05, 4.69) is 9.97 Å². The molecule has 0 spiro atoms. The molecule has 1 saturated heterocycles. The second-order valence-corrected chi connectivity index (χ2v) is 6.29. The summed E-state index contributed by atoms with van der Waals surface area (Å²) in [6.07, 6.45) is 2.04. The van der Waals surface area contributed by atoms with E-state index < -0.39 is 16.8 Å². The van der Waals surface area contributed by atoms with E-state index in [1.54, 1.807) is 23.1 Å². The third-order valence-corrected chi connectivity index (χ3v) is 4.79. The van der Waals surface area contributed by atoms with Gasteiger partial charge in [0.15, 0.2) is 5.69 Å². The van der Waals surface area contributed by atoms with Crippen LogP contribution < -0.4 is 14.4 Å². The van der Waals surface area contributed by atoms with Crippen LogP contribution in [0.5, 0.6) is 11.5 Å². The van der Waals surface area contributed by atoms with Gasteiger partial charge in [0, 0.05) is 13.1 Å². The molecule has 1 aromatic carbocycles. The van der Waals surface area contributed by atoms with Gasteiger partial charge in [0.05, 0.1) is 30.6 Å². The Morgan fingerprint density at radius 1 is 1.21 bits per heavy atom. The van der Waals surface area contributed by atoms with Crippen LogP contribution in [0.25, 0.3) is 11.3 Å². The molecule has 1 aliphatic rings. The van der Waals surface area contributed by atoms with E-state index in [4.69, 9.17) is 14.6 Å². The number of methoxy groups -OCH3 is 2. The Labute approximate surface area is 160 Å². The lowest BCUT2D eigenvalue weighted by Gasteiger charge is -2.30. The molecule has 0 bridgehead atoms. The van der Waals surface area contributed by atoms with Crippen LogP contribution in [0.2, 0.25) is 0 Å². The molecule has 1 N–H and O–H groups in total. The zero-order valence-electron chi connectivity index (χ0n) is 15.5. The molecule has 10 heteroatoms. The molecule has 148 valence electrons. The molecule has 3 rings (SSSR count). The van der Waals surface area contributed by atoms with E-state index in [0.29, 0.717) is 43.0 Å². The molecule has 1 fully saturated rings. The van der Waals surface area contributed by atoms with E-state index in [1.165, 1.54) is 20.5 Å². The molecular formula is C18H20N4O6. The number of anilines is 1. The number of hydrogen-bond donors (Lipinski definition) is 1. The van der Waals surface area contributed by atoms with Gasteiger partial charge < -0.3 is 19.5 Å². The fraction of sp³-hybridized carbons (Fsp3) is 0.389. The van der Waals surface area contributed by atoms with Crippen LogP contribution >= 0.6 is 0 Å². The molecule has 1 aromatic heterocycles. The number of carbonyl (C=O) groups is 1. The molecular weight excluding hydrogens is 368 g/mol. The van der Waals surface area contributed by atoms with Crippen molar-refractivity contribution in [2.75, 3.05) is 32.2 Å². The molecule has 28 heavy (non-hydrogen) atoms. The van der Waals surface area contributed by atoms with E-state index in [0.717, 1.165) is 0 Å². The van der Waals surface area contributed by atoms with Crippen molar-refractivity contribution >= 4 is 17.5 Å². The van der Waals surface area contributed by atoms with Crippen LogP contribution in [0, 0.1) is 16.0 Å². The van der Waals surface area contributed by atoms with Crippen molar-refractivity contribution in [1.29, 1.82) is 0 Å². The molecule has 2 heterocycles. The largest absolute Gasteiger partial charge is 0.496 e. The Morgan fingerprint density at radius 3 is 2.32 bits per heavy atom. The van der Waals surface area contributed by atoms with Gasteiger partial charge in [0.25, 0.3) is 0 Å². The molecule has 2 aromatic rings. The number of benzene rings is 1. The summed E-state index contributed by atoms with van der Waals surface area (Å²) in [6, 6.07) is 5.05. The predicted molar refractivity (Wildman–Crippen MR) is 99.8 cm³/mol. The molecule has 0 saturated carbocycles. The predicted octanol–water partition coefficient (Wildman–Crippen LogP) is 2.37. The zero-order valence-corrected chi connectivity index (χ0v) is 15.5. The minimum absolute atomic E-state index is 0.0876. The average Bonchev–Trinajstić information content (AvgIpc) is 2.72. The first-order chi connectivity index (χ1) is 13.5. The molecule has 0 atom stereocenters. The second-order valence-electron chi connectivity index (χ2n) is 6.29. The molecule has 0 unspecified atom stereocenters. The van der Waals surface area contributed by atoms with Crippen molar-refractivity contribution in [3.05, 3.63) is 34.6 Å². The van der Waals surface area contributed by atoms with E-state index >= 15 is 0 Å². The lowest BCUT2D eigenvalue weighted by atomic mass is 9.97. The van der Waals surface area contributed by atoms with Gasteiger partial charge in [0.1, 0.15) is 17.8 Å². The first kappa shape index (κ1) is 19.3. The number of hydrogen-bond acceptors (Lipinski definition) is 8. The molecule has 0 radical (unpaired) electrons. The normalized spacial score (nSPS) is 14.6. The maximum absolute atomic E-state index is 12.0. The Kier molecular flexibility index (Phi) is 5.57. The molecule has 1 aliphatic heterocycles. The maximum Gasteiger partial charge on any atom is 0.337 e. The summed E-state index contributed by atoms with van der Waals surface area (Å²) in [5, 5.41) is 21.1. The fourth-order valence-electron chi connectivity index (χ4n) is 3.37. The summed E-state index contributed by atoms with van der Waals surface area (Å²) in [4.78, 5) is 32.6. The van der Waals surface area contributed by atoms with Gasteiger partial charge in [-0.15, -0.1) is 0 Å². The van der Waals surface area contributed by atoms with Gasteiger partial charge in [-0.1, -0.05) is 6.07 Å². The first-order valence-corrected chi connectivity index (χ1v) is 8.66. The van der Waals surface area contributed by atoms with Crippen LogP contribution in [0.4, 0.5) is 11.5 Å².